The van der Waals surface area contributed by atoms with Crippen molar-refractivity contribution < 1.29 is 28.8 Å². The van der Waals surface area contributed by atoms with Crippen LogP contribution in [0.25, 0.3) is 0 Å². The molecule has 5 amide bonds. The molecule has 1 fully saturated rings. The third kappa shape index (κ3) is 12.3. The van der Waals surface area contributed by atoms with Gasteiger partial charge in [0.05, 0.1) is 18.3 Å². The van der Waals surface area contributed by atoms with Crippen molar-refractivity contribution in [3.63, 3.8) is 0 Å². The quantitative estimate of drug-likeness (QED) is 0.155. The van der Waals surface area contributed by atoms with Gasteiger partial charge in [0.25, 0.3) is 11.8 Å². The number of benzene rings is 1. The standard InChI is InChI=1S/C38H55N7O6/c1-8-13-28(32(47)36(50)42-24(4)25-14-10-9-11-15-25)43-30(46)20-26-16-12-17-27(26)21-41-37(51)33(38(5,6)7)45-35(49)31(23(2)3)44-34(48)29-22-39-18-19-40-29/h9-11,14-15,18-19,22-24,26-28,31,33H,8,12-13,16-17,20-21H2,1-7H3,(H,41,51)(H,42,50)(H,43,46)(H,44,48)(H,45,49)/t24-,26+,27-,28?,31+,33+/m0/s1. The van der Waals surface area contributed by atoms with Crippen LogP contribution in [0.15, 0.2) is 48.9 Å². The fourth-order valence-electron chi connectivity index (χ4n) is 6.36. The first-order valence-corrected chi connectivity index (χ1v) is 18.0. The molecule has 13 nitrogen and oxygen atoms in total. The second-order valence-electron chi connectivity index (χ2n) is 14.9. The van der Waals surface area contributed by atoms with Crippen molar-refractivity contribution in [2.75, 3.05) is 6.54 Å². The van der Waals surface area contributed by atoms with Gasteiger partial charge in [-0.15, -0.1) is 0 Å². The molecule has 2 aromatic rings. The van der Waals surface area contributed by atoms with Crippen molar-refractivity contribution in [2.24, 2.45) is 23.2 Å². The third-order valence-corrected chi connectivity index (χ3v) is 9.35. The molecule has 1 aliphatic rings. The molecule has 0 aliphatic heterocycles. The van der Waals surface area contributed by atoms with Gasteiger partial charge < -0.3 is 26.6 Å². The molecule has 0 spiro atoms. The Balaban J connectivity index is 1.57. The normalized spacial score (nSPS) is 18.1. The molecule has 1 heterocycles. The Morgan fingerprint density at radius 1 is 0.863 bits per heavy atom. The summed E-state index contributed by atoms with van der Waals surface area (Å²) in [4.78, 5) is 86.8. The fraction of sp³-hybridized carbons (Fsp3) is 0.579. The van der Waals surface area contributed by atoms with Crippen LogP contribution in [-0.4, -0.2) is 70.0 Å². The molecule has 13 heteroatoms. The van der Waals surface area contributed by atoms with Crippen LogP contribution in [0.3, 0.4) is 0 Å². The summed E-state index contributed by atoms with van der Waals surface area (Å²) in [6.45, 7) is 13.1. The first-order valence-electron chi connectivity index (χ1n) is 18.0. The zero-order valence-electron chi connectivity index (χ0n) is 31.0. The molecule has 6 atom stereocenters. The number of rotatable bonds is 17. The summed E-state index contributed by atoms with van der Waals surface area (Å²) in [5.41, 5.74) is 0.289. The van der Waals surface area contributed by atoms with Crippen LogP contribution in [0.2, 0.25) is 0 Å². The predicted molar refractivity (Wildman–Crippen MR) is 193 cm³/mol. The van der Waals surface area contributed by atoms with Gasteiger partial charge in [0.1, 0.15) is 17.8 Å². The number of hydrogen-bond donors (Lipinski definition) is 5. The first-order chi connectivity index (χ1) is 24.1. The van der Waals surface area contributed by atoms with E-state index in [-0.39, 0.29) is 47.7 Å². The Morgan fingerprint density at radius 2 is 1.55 bits per heavy atom. The molecule has 1 aromatic carbocycles. The molecule has 1 aromatic heterocycles. The highest BCUT2D eigenvalue weighted by Gasteiger charge is 2.37. The van der Waals surface area contributed by atoms with Crippen LogP contribution in [0.5, 0.6) is 0 Å². The summed E-state index contributed by atoms with van der Waals surface area (Å²) in [6, 6.07) is 6.21. The monoisotopic (exact) mass is 705 g/mol. The summed E-state index contributed by atoms with van der Waals surface area (Å²) in [6.07, 6.45) is 7.74. The zero-order chi connectivity index (χ0) is 37.7. The number of nitrogens with one attached hydrogen (secondary N) is 5. The molecule has 5 N–H and O–H groups in total. The Labute approximate surface area is 301 Å². The van der Waals surface area contributed by atoms with Crippen LogP contribution in [0, 0.1) is 23.2 Å². The van der Waals surface area contributed by atoms with Crippen molar-refractivity contribution in [2.45, 2.75) is 111 Å². The van der Waals surface area contributed by atoms with Gasteiger partial charge in [-0.05, 0) is 54.9 Å². The molecule has 0 bridgehead atoms. The third-order valence-electron chi connectivity index (χ3n) is 9.35. The molecular formula is C38H55N7O6. The number of nitrogens with zero attached hydrogens (tertiary/aromatic N) is 2. The average molecular weight is 706 g/mol. The highest BCUT2D eigenvalue weighted by molar-refractivity contribution is 6.38. The van der Waals surface area contributed by atoms with Gasteiger partial charge in [-0.1, -0.05) is 84.7 Å². The van der Waals surface area contributed by atoms with Crippen LogP contribution < -0.4 is 26.6 Å². The topological polar surface area (TPSA) is 188 Å². The van der Waals surface area contributed by atoms with Gasteiger partial charge in [0, 0.05) is 25.4 Å². The lowest BCUT2D eigenvalue weighted by atomic mass is 9.85. The van der Waals surface area contributed by atoms with Crippen molar-refractivity contribution in [1.29, 1.82) is 0 Å². The van der Waals surface area contributed by atoms with Crippen molar-refractivity contribution in [1.82, 2.24) is 36.6 Å². The van der Waals surface area contributed by atoms with Gasteiger partial charge >= 0.3 is 0 Å². The lowest BCUT2D eigenvalue weighted by Gasteiger charge is -2.33. The minimum absolute atomic E-state index is 0.0149. The number of amides is 5. The number of Topliss-reactive ketones (excluding diaryl/α,β-unsaturated/α-hetero) is 1. The Hall–Kier alpha value is -4.68. The lowest BCUT2D eigenvalue weighted by Crippen LogP contribution is -2.59. The Morgan fingerprint density at radius 3 is 2.16 bits per heavy atom. The van der Waals surface area contributed by atoms with Crippen LogP contribution in [0.4, 0.5) is 0 Å². The van der Waals surface area contributed by atoms with Gasteiger partial charge in [0.15, 0.2) is 0 Å². The van der Waals surface area contributed by atoms with E-state index in [1.807, 2.05) is 58.0 Å². The van der Waals surface area contributed by atoms with Crippen LogP contribution in [-0.2, 0) is 24.0 Å². The van der Waals surface area contributed by atoms with Crippen molar-refractivity contribution in [3.05, 3.63) is 60.2 Å². The smallest absolute Gasteiger partial charge is 0.290 e. The summed E-state index contributed by atoms with van der Waals surface area (Å²) >= 11 is 0. The second-order valence-corrected chi connectivity index (χ2v) is 14.9. The average Bonchev–Trinajstić information content (AvgIpc) is 3.54. The molecule has 3 rings (SSSR count). The maximum Gasteiger partial charge on any atom is 0.290 e. The zero-order valence-corrected chi connectivity index (χ0v) is 31.0. The van der Waals surface area contributed by atoms with E-state index in [4.69, 9.17) is 0 Å². The number of carbonyl (C=O) groups is 6. The van der Waals surface area contributed by atoms with Gasteiger partial charge in [0.2, 0.25) is 23.5 Å². The van der Waals surface area contributed by atoms with E-state index in [1.54, 1.807) is 20.8 Å². The van der Waals surface area contributed by atoms with Gasteiger partial charge in [-0.25, -0.2) is 4.98 Å². The maximum absolute atomic E-state index is 13.6. The summed E-state index contributed by atoms with van der Waals surface area (Å²) in [5.74, 6) is -3.41. The minimum atomic E-state index is -0.929. The SMILES string of the molecule is CCCC(NC(=O)C[C@H]1CCC[C@H]1CNC(=O)[C@@H](NC(=O)[C@H](NC(=O)c1cnccn1)C(C)C)C(C)(C)C)C(=O)C(=O)N[C@@H](C)c1ccccc1. The van der Waals surface area contributed by atoms with Gasteiger partial charge in [-0.3, -0.25) is 33.8 Å². The fourth-order valence-corrected chi connectivity index (χ4v) is 6.36. The molecule has 0 radical (unpaired) electrons. The summed E-state index contributed by atoms with van der Waals surface area (Å²) < 4.78 is 0. The molecule has 1 aliphatic carbocycles. The highest BCUT2D eigenvalue weighted by Crippen LogP contribution is 2.34. The highest BCUT2D eigenvalue weighted by atomic mass is 16.2. The maximum atomic E-state index is 13.6. The van der Waals surface area contributed by atoms with Crippen LogP contribution in [0.1, 0.15) is 109 Å². The van der Waals surface area contributed by atoms with E-state index in [0.717, 1.165) is 24.8 Å². The number of carbonyl (C=O) groups excluding carboxylic acids is 6. The number of aromatic nitrogens is 2. The van der Waals surface area contributed by atoms with E-state index in [1.165, 1.54) is 18.6 Å². The van der Waals surface area contributed by atoms with E-state index in [2.05, 4.69) is 36.6 Å². The van der Waals surface area contributed by atoms with Crippen LogP contribution >= 0.6 is 0 Å². The van der Waals surface area contributed by atoms with Gasteiger partial charge in [-0.2, -0.15) is 0 Å². The molecule has 278 valence electrons. The number of hydrogen-bond acceptors (Lipinski definition) is 8. The first kappa shape index (κ1) is 40.7. The van der Waals surface area contributed by atoms with E-state index >= 15 is 0 Å². The summed E-state index contributed by atoms with van der Waals surface area (Å²) in [5, 5.41) is 14.1. The van der Waals surface area contributed by atoms with Crippen molar-refractivity contribution >= 4 is 35.3 Å². The largest absolute Gasteiger partial charge is 0.354 e. The Kier molecular flexibility index (Phi) is 15.2. The minimum Gasteiger partial charge on any atom is -0.354 e. The van der Waals surface area contributed by atoms with Crippen molar-refractivity contribution in [3.8, 4) is 0 Å². The molecular weight excluding hydrogens is 650 g/mol. The lowest BCUT2D eigenvalue weighted by molar-refractivity contribution is -0.140. The second kappa shape index (κ2) is 19.1. The Bertz CT molecular complexity index is 1500. The predicted octanol–water partition coefficient (Wildman–Crippen LogP) is 3.42. The van der Waals surface area contributed by atoms with E-state index < -0.39 is 47.0 Å². The molecule has 0 saturated heterocycles. The molecule has 1 saturated carbocycles. The molecule has 51 heavy (non-hydrogen) atoms. The van der Waals surface area contributed by atoms with E-state index in [0.29, 0.717) is 19.4 Å². The molecule has 1 unspecified atom stereocenters. The summed E-state index contributed by atoms with van der Waals surface area (Å²) in [7, 11) is 0. The van der Waals surface area contributed by atoms with E-state index in [9.17, 15) is 28.8 Å². The number of ketones is 1.